The summed E-state index contributed by atoms with van der Waals surface area (Å²) in [7, 11) is 0. The van der Waals surface area contributed by atoms with E-state index < -0.39 is 18.2 Å². The molecule has 1 aromatic carbocycles. The lowest BCUT2D eigenvalue weighted by Crippen LogP contribution is -2.41. The van der Waals surface area contributed by atoms with E-state index in [2.05, 4.69) is 36.6 Å². The van der Waals surface area contributed by atoms with Gasteiger partial charge in [-0.25, -0.2) is 9.37 Å². The molecule has 5 rings (SSSR count). The van der Waals surface area contributed by atoms with Gasteiger partial charge in [-0.2, -0.15) is 9.61 Å². The van der Waals surface area contributed by atoms with Crippen molar-refractivity contribution in [3.05, 3.63) is 52.6 Å². The van der Waals surface area contributed by atoms with E-state index in [-0.39, 0.29) is 11.7 Å². The number of pyridine rings is 1. The fraction of sp³-hybridized carbons (Fsp3) is 0.273. The maximum Gasteiger partial charge on any atom is 0.237 e. The Balaban J connectivity index is 1.53. The highest BCUT2D eigenvalue weighted by atomic mass is 79.9. The summed E-state index contributed by atoms with van der Waals surface area (Å²) in [5.74, 6) is -0.235. The highest BCUT2D eigenvalue weighted by molar-refractivity contribution is 9.10. The first-order chi connectivity index (χ1) is 15.8. The number of nitrogens with two attached hydrogens (primary N) is 1. The van der Waals surface area contributed by atoms with Gasteiger partial charge in [-0.1, -0.05) is 0 Å². The maximum absolute atomic E-state index is 13.7. The van der Waals surface area contributed by atoms with E-state index in [1.807, 2.05) is 13.0 Å². The van der Waals surface area contributed by atoms with E-state index >= 15 is 0 Å². The van der Waals surface area contributed by atoms with Crippen LogP contribution in [0.3, 0.4) is 0 Å². The molecular formula is C22H21BrFN7O2. The summed E-state index contributed by atoms with van der Waals surface area (Å²) in [6, 6.07) is 5.31. The summed E-state index contributed by atoms with van der Waals surface area (Å²) in [5.41, 5.74) is 9.40. The summed E-state index contributed by atoms with van der Waals surface area (Å²) in [6.07, 6.45) is 3.13. The lowest BCUT2D eigenvalue weighted by molar-refractivity contribution is -0.123. The van der Waals surface area contributed by atoms with Gasteiger partial charge in [0.15, 0.2) is 5.65 Å². The van der Waals surface area contributed by atoms with E-state index in [1.165, 1.54) is 16.6 Å². The van der Waals surface area contributed by atoms with Gasteiger partial charge < -0.3 is 21.5 Å². The van der Waals surface area contributed by atoms with Crippen LogP contribution in [0.5, 0.6) is 0 Å². The molecule has 0 spiro atoms. The molecule has 11 heteroatoms. The lowest BCUT2D eigenvalue weighted by Gasteiger charge is -2.19. The monoisotopic (exact) mass is 513 g/mol. The normalized spacial score (nSPS) is 19.3. The van der Waals surface area contributed by atoms with Crippen LogP contribution in [0, 0.1) is 5.82 Å². The number of nitrogens with zero attached hydrogens (tertiary/aromatic N) is 4. The lowest BCUT2D eigenvalue weighted by atomic mass is 10.1. The molecule has 0 bridgehead atoms. The largest absolute Gasteiger partial charge is 0.392 e. The minimum Gasteiger partial charge on any atom is -0.392 e. The first kappa shape index (κ1) is 21.7. The molecule has 0 saturated carbocycles. The summed E-state index contributed by atoms with van der Waals surface area (Å²) in [4.78, 5) is 21.8. The fourth-order valence-electron chi connectivity index (χ4n) is 4.05. The quantitative estimate of drug-likeness (QED) is 0.329. The predicted molar refractivity (Wildman–Crippen MR) is 125 cm³/mol. The van der Waals surface area contributed by atoms with Crippen LogP contribution in [0.1, 0.15) is 25.1 Å². The number of halogens is 2. The van der Waals surface area contributed by atoms with Crippen molar-refractivity contribution in [3.63, 3.8) is 0 Å². The second kappa shape index (κ2) is 8.32. The van der Waals surface area contributed by atoms with Crippen LogP contribution in [0.25, 0.3) is 27.7 Å². The number of nitrogen functional groups attached to an aromatic ring is 1. The number of fused-ring (bicyclic) bond motifs is 2. The molecule has 170 valence electrons. The van der Waals surface area contributed by atoms with Crippen molar-refractivity contribution in [2.75, 3.05) is 12.3 Å². The molecule has 1 saturated heterocycles. The minimum absolute atomic E-state index is 0.222. The highest BCUT2D eigenvalue weighted by Crippen LogP contribution is 2.33. The number of benzene rings is 1. The Bertz CT molecular complexity index is 1390. The van der Waals surface area contributed by atoms with Gasteiger partial charge in [0.05, 0.1) is 40.1 Å². The zero-order chi connectivity index (χ0) is 23.3. The third-order valence-corrected chi connectivity index (χ3v) is 6.61. The molecule has 33 heavy (non-hydrogen) atoms. The molecular weight excluding hydrogens is 493 g/mol. The first-order valence-electron chi connectivity index (χ1n) is 10.4. The summed E-state index contributed by atoms with van der Waals surface area (Å²) >= 11 is 3.48. The number of rotatable bonds is 4. The van der Waals surface area contributed by atoms with Crippen molar-refractivity contribution in [1.82, 2.24) is 30.2 Å². The number of aliphatic hydroxyl groups is 1. The molecule has 1 fully saturated rings. The number of anilines is 1. The average Bonchev–Trinajstić information content (AvgIpc) is 3.42. The zero-order valence-electron chi connectivity index (χ0n) is 17.6. The van der Waals surface area contributed by atoms with E-state index in [4.69, 9.17) is 10.7 Å². The van der Waals surface area contributed by atoms with Gasteiger partial charge in [0.1, 0.15) is 11.6 Å². The van der Waals surface area contributed by atoms with Crippen LogP contribution >= 0.6 is 15.9 Å². The summed E-state index contributed by atoms with van der Waals surface area (Å²) in [5, 5.41) is 20.6. The van der Waals surface area contributed by atoms with Gasteiger partial charge >= 0.3 is 0 Å². The molecule has 0 radical (unpaired) electrons. The number of amides is 1. The van der Waals surface area contributed by atoms with E-state index in [9.17, 15) is 14.3 Å². The van der Waals surface area contributed by atoms with Crippen molar-refractivity contribution in [2.45, 2.75) is 31.5 Å². The van der Waals surface area contributed by atoms with Crippen LogP contribution < -0.4 is 16.4 Å². The number of aliphatic hydroxyl groups excluding tert-OH is 1. The number of aromatic nitrogens is 4. The standard InChI is InChI=1S/C22H21BrFN7O2/c1-10(29-22(33)17-6-14(32)8-27-17)19-18(23)20(25)31-21(30-19)15(9-28-31)12-4-11-5-13(24)2-3-16(11)26-7-12/h2-5,7,9-10,14,17,27,32H,6,8,25H2,1H3,(H,29,33)/t10?,14-,17+/m0/s1. The number of β-amino-alcohol motifs (C(OH)–C–C–N with tert-alkyl or cyclic N) is 1. The highest BCUT2D eigenvalue weighted by Gasteiger charge is 2.30. The Morgan fingerprint density at radius 2 is 2.21 bits per heavy atom. The average molecular weight is 514 g/mol. The Kier molecular flexibility index (Phi) is 5.47. The van der Waals surface area contributed by atoms with Crippen LogP contribution in [0.15, 0.2) is 41.1 Å². The Morgan fingerprint density at radius 1 is 1.39 bits per heavy atom. The van der Waals surface area contributed by atoms with Crippen molar-refractivity contribution in [3.8, 4) is 11.1 Å². The molecule has 4 heterocycles. The van der Waals surface area contributed by atoms with Crippen LogP contribution in [-0.2, 0) is 4.79 Å². The van der Waals surface area contributed by atoms with Gasteiger partial charge in [0.2, 0.25) is 5.91 Å². The zero-order valence-corrected chi connectivity index (χ0v) is 19.2. The third-order valence-electron chi connectivity index (χ3n) is 5.80. The van der Waals surface area contributed by atoms with Crippen LogP contribution in [0.2, 0.25) is 0 Å². The summed E-state index contributed by atoms with van der Waals surface area (Å²) < 4.78 is 15.7. The molecule has 1 amide bonds. The molecule has 4 aromatic rings. The number of carbonyl (C=O) groups excluding carboxylic acids is 1. The summed E-state index contributed by atoms with van der Waals surface area (Å²) in [6.45, 7) is 2.19. The predicted octanol–water partition coefficient (Wildman–Crippen LogP) is 2.33. The van der Waals surface area contributed by atoms with Crippen molar-refractivity contribution < 1.29 is 14.3 Å². The minimum atomic E-state index is -0.536. The number of hydrogen-bond donors (Lipinski definition) is 4. The molecule has 5 N–H and O–H groups in total. The van der Waals surface area contributed by atoms with Gasteiger partial charge in [-0.05, 0) is 53.5 Å². The smallest absolute Gasteiger partial charge is 0.237 e. The molecule has 1 aliphatic heterocycles. The third kappa shape index (κ3) is 3.92. The second-order valence-corrected chi connectivity index (χ2v) is 8.92. The number of carbonyl (C=O) groups is 1. The molecule has 9 nitrogen and oxygen atoms in total. The first-order valence-corrected chi connectivity index (χ1v) is 11.2. The fourth-order valence-corrected chi connectivity index (χ4v) is 4.65. The molecule has 3 aromatic heterocycles. The SMILES string of the molecule is CC(NC(=O)[C@H]1C[C@H](O)CN1)c1nc2c(-c3cnc4ccc(F)cc4c3)cnn2c(N)c1Br. The van der Waals surface area contributed by atoms with E-state index in [0.29, 0.717) is 56.6 Å². The molecule has 1 unspecified atom stereocenters. The van der Waals surface area contributed by atoms with Crippen molar-refractivity contribution >= 4 is 44.2 Å². The molecule has 0 aliphatic carbocycles. The van der Waals surface area contributed by atoms with E-state index in [0.717, 1.165) is 0 Å². The van der Waals surface area contributed by atoms with Gasteiger partial charge in [0, 0.05) is 29.3 Å². The van der Waals surface area contributed by atoms with Crippen molar-refractivity contribution in [1.29, 1.82) is 0 Å². The maximum atomic E-state index is 13.7. The van der Waals surface area contributed by atoms with Crippen LogP contribution in [0.4, 0.5) is 10.2 Å². The van der Waals surface area contributed by atoms with E-state index in [1.54, 1.807) is 18.5 Å². The van der Waals surface area contributed by atoms with Gasteiger partial charge in [0.25, 0.3) is 0 Å². The molecule has 3 atom stereocenters. The Hall–Kier alpha value is -3.15. The van der Waals surface area contributed by atoms with Gasteiger partial charge in [-0.15, -0.1) is 0 Å². The van der Waals surface area contributed by atoms with Crippen molar-refractivity contribution in [2.24, 2.45) is 0 Å². The Labute approximate surface area is 196 Å². The Morgan fingerprint density at radius 3 is 2.97 bits per heavy atom. The number of hydrogen-bond acceptors (Lipinski definition) is 7. The topological polar surface area (TPSA) is 130 Å². The molecule has 1 aliphatic rings. The second-order valence-electron chi connectivity index (χ2n) is 8.13. The van der Waals surface area contributed by atoms with Gasteiger partial charge in [-0.3, -0.25) is 9.78 Å². The number of nitrogens with one attached hydrogen (secondary N) is 2. The van der Waals surface area contributed by atoms with Crippen LogP contribution in [-0.4, -0.2) is 49.3 Å².